The van der Waals surface area contributed by atoms with Crippen LogP contribution in [-0.4, -0.2) is 24.1 Å². The maximum atomic E-state index is 5.22. The standard InChI is InChI=1S/C12H21N3O/c1-9(2)5-6-10(13-3)11-12(16-4)15-8-7-14-11/h7-10,13H,5-6H2,1-4H3. The van der Waals surface area contributed by atoms with E-state index in [1.165, 1.54) is 0 Å². The zero-order valence-electron chi connectivity index (χ0n) is 10.5. The summed E-state index contributed by atoms with van der Waals surface area (Å²) < 4.78 is 5.22. The Kier molecular flexibility index (Phi) is 5.19. The molecule has 4 heteroatoms. The van der Waals surface area contributed by atoms with Crippen LogP contribution in [0.25, 0.3) is 0 Å². The molecule has 0 spiro atoms. The largest absolute Gasteiger partial charge is 0.480 e. The van der Waals surface area contributed by atoms with Gasteiger partial charge in [-0.2, -0.15) is 0 Å². The van der Waals surface area contributed by atoms with Gasteiger partial charge in [-0.15, -0.1) is 0 Å². The molecule has 0 aliphatic carbocycles. The molecule has 0 saturated heterocycles. The Morgan fingerprint density at radius 3 is 2.50 bits per heavy atom. The smallest absolute Gasteiger partial charge is 0.236 e. The van der Waals surface area contributed by atoms with E-state index in [4.69, 9.17) is 4.74 Å². The quantitative estimate of drug-likeness (QED) is 0.803. The molecule has 1 atom stereocenters. The Balaban J connectivity index is 2.77. The van der Waals surface area contributed by atoms with Crippen LogP contribution in [0.2, 0.25) is 0 Å². The first kappa shape index (κ1) is 12.9. The molecule has 1 aromatic rings. The molecule has 1 aromatic heterocycles. The number of hydrogen-bond donors (Lipinski definition) is 1. The lowest BCUT2D eigenvalue weighted by Gasteiger charge is -2.18. The van der Waals surface area contributed by atoms with Gasteiger partial charge in [0.15, 0.2) is 0 Å². The number of nitrogens with one attached hydrogen (secondary N) is 1. The average Bonchev–Trinajstić information content (AvgIpc) is 2.30. The molecule has 0 radical (unpaired) electrons. The molecule has 1 N–H and O–H groups in total. The first-order valence-electron chi connectivity index (χ1n) is 5.71. The number of nitrogens with zero attached hydrogens (tertiary/aromatic N) is 2. The van der Waals surface area contributed by atoms with Gasteiger partial charge >= 0.3 is 0 Å². The molecular weight excluding hydrogens is 202 g/mol. The Morgan fingerprint density at radius 2 is 1.94 bits per heavy atom. The molecule has 0 saturated carbocycles. The van der Waals surface area contributed by atoms with Crippen LogP contribution in [0.15, 0.2) is 12.4 Å². The van der Waals surface area contributed by atoms with E-state index < -0.39 is 0 Å². The highest BCUT2D eigenvalue weighted by Crippen LogP contribution is 2.24. The Labute approximate surface area is 97.5 Å². The minimum atomic E-state index is 0.214. The predicted molar refractivity (Wildman–Crippen MR) is 64.5 cm³/mol. The van der Waals surface area contributed by atoms with Gasteiger partial charge in [0.05, 0.1) is 13.2 Å². The molecule has 0 aliphatic rings. The molecule has 16 heavy (non-hydrogen) atoms. The summed E-state index contributed by atoms with van der Waals surface area (Å²) in [7, 11) is 3.57. The third-order valence-electron chi connectivity index (χ3n) is 2.60. The van der Waals surface area contributed by atoms with Crippen LogP contribution < -0.4 is 10.1 Å². The second-order valence-electron chi connectivity index (χ2n) is 4.26. The van der Waals surface area contributed by atoms with Crippen molar-refractivity contribution in [3.63, 3.8) is 0 Å². The van der Waals surface area contributed by atoms with Gasteiger partial charge in [0.2, 0.25) is 5.88 Å². The maximum absolute atomic E-state index is 5.22. The summed E-state index contributed by atoms with van der Waals surface area (Å²) in [6.07, 6.45) is 5.56. The third kappa shape index (κ3) is 3.45. The molecule has 1 heterocycles. The summed E-state index contributed by atoms with van der Waals surface area (Å²) in [6, 6.07) is 0.214. The van der Waals surface area contributed by atoms with E-state index >= 15 is 0 Å². The lowest BCUT2D eigenvalue weighted by Crippen LogP contribution is -2.19. The Morgan fingerprint density at radius 1 is 1.25 bits per heavy atom. The second kappa shape index (κ2) is 6.43. The fourth-order valence-electron chi connectivity index (χ4n) is 1.65. The van der Waals surface area contributed by atoms with Crippen LogP contribution in [0.3, 0.4) is 0 Å². The van der Waals surface area contributed by atoms with Crippen molar-refractivity contribution in [2.75, 3.05) is 14.2 Å². The number of hydrogen-bond acceptors (Lipinski definition) is 4. The van der Waals surface area contributed by atoms with E-state index in [1.807, 2.05) is 7.05 Å². The predicted octanol–water partition coefficient (Wildman–Crippen LogP) is 2.18. The van der Waals surface area contributed by atoms with Crippen molar-refractivity contribution in [1.29, 1.82) is 0 Å². The van der Waals surface area contributed by atoms with Crippen molar-refractivity contribution in [2.45, 2.75) is 32.7 Å². The molecule has 0 amide bonds. The summed E-state index contributed by atoms with van der Waals surface area (Å²) in [5.74, 6) is 1.31. The molecule has 0 fully saturated rings. The van der Waals surface area contributed by atoms with Crippen LogP contribution in [0.5, 0.6) is 5.88 Å². The van der Waals surface area contributed by atoms with Crippen molar-refractivity contribution in [1.82, 2.24) is 15.3 Å². The number of ether oxygens (including phenoxy) is 1. The van der Waals surface area contributed by atoms with Gasteiger partial charge in [0.1, 0.15) is 5.69 Å². The van der Waals surface area contributed by atoms with Gasteiger partial charge < -0.3 is 10.1 Å². The normalized spacial score (nSPS) is 12.8. The molecule has 1 rings (SSSR count). The average molecular weight is 223 g/mol. The van der Waals surface area contributed by atoms with E-state index in [0.29, 0.717) is 11.8 Å². The first-order chi connectivity index (χ1) is 7.69. The van der Waals surface area contributed by atoms with Gasteiger partial charge in [-0.25, -0.2) is 4.98 Å². The van der Waals surface area contributed by atoms with E-state index in [1.54, 1.807) is 19.5 Å². The minimum Gasteiger partial charge on any atom is -0.480 e. The molecular formula is C12H21N3O. The highest BCUT2D eigenvalue weighted by atomic mass is 16.5. The number of methoxy groups -OCH3 is 1. The summed E-state index contributed by atoms with van der Waals surface area (Å²) in [5, 5.41) is 3.27. The lowest BCUT2D eigenvalue weighted by molar-refractivity contribution is 0.371. The van der Waals surface area contributed by atoms with Gasteiger partial charge in [0.25, 0.3) is 0 Å². The monoisotopic (exact) mass is 223 g/mol. The van der Waals surface area contributed by atoms with E-state index in [0.717, 1.165) is 18.5 Å². The second-order valence-corrected chi connectivity index (χ2v) is 4.26. The third-order valence-corrected chi connectivity index (χ3v) is 2.60. The highest BCUT2D eigenvalue weighted by molar-refractivity contribution is 5.20. The van der Waals surface area contributed by atoms with Gasteiger partial charge in [-0.1, -0.05) is 13.8 Å². The Bertz CT molecular complexity index is 315. The van der Waals surface area contributed by atoms with Crippen LogP contribution in [-0.2, 0) is 0 Å². The minimum absolute atomic E-state index is 0.214. The topological polar surface area (TPSA) is 47.0 Å². The molecule has 4 nitrogen and oxygen atoms in total. The lowest BCUT2D eigenvalue weighted by atomic mass is 10.0. The molecule has 0 aromatic carbocycles. The van der Waals surface area contributed by atoms with Crippen molar-refractivity contribution in [2.24, 2.45) is 5.92 Å². The van der Waals surface area contributed by atoms with Crippen LogP contribution >= 0.6 is 0 Å². The summed E-state index contributed by atoms with van der Waals surface area (Å²) in [5.41, 5.74) is 0.896. The zero-order valence-corrected chi connectivity index (χ0v) is 10.5. The Hall–Kier alpha value is -1.16. The maximum Gasteiger partial charge on any atom is 0.236 e. The van der Waals surface area contributed by atoms with E-state index in [9.17, 15) is 0 Å². The molecule has 0 bridgehead atoms. The first-order valence-corrected chi connectivity index (χ1v) is 5.71. The van der Waals surface area contributed by atoms with Gasteiger partial charge in [-0.3, -0.25) is 4.98 Å². The summed E-state index contributed by atoms with van der Waals surface area (Å²) in [4.78, 5) is 8.52. The van der Waals surface area contributed by atoms with Gasteiger partial charge in [0, 0.05) is 12.4 Å². The highest BCUT2D eigenvalue weighted by Gasteiger charge is 2.16. The van der Waals surface area contributed by atoms with Gasteiger partial charge in [-0.05, 0) is 25.8 Å². The van der Waals surface area contributed by atoms with E-state index in [2.05, 4.69) is 29.1 Å². The van der Waals surface area contributed by atoms with Crippen LogP contribution in [0, 0.1) is 5.92 Å². The van der Waals surface area contributed by atoms with Crippen molar-refractivity contribution in [3.05, 3.63) is 18.1 Å². The van der Waals surface area contributed by atoms with Crippen molar-refractivity contribution >= 4 is 0 Å². The summed E-state index contributed by atoms with van der Waals surface area (Å²) in [6.45, 7) is 4.45. The molecule has 90 valence electrons. The molecule has 0 aliphatic heterocycles. The fraction of sp³-hybridized carbons (Fsp3) is 0.667. The molecule has 1 unspecified atom stereocenters. The number of rotatable bonds is 6. The summed E-state index contributed by atoms with van der Waals surface area (Å²) >= 11 is 0. The van der Waals surface area contributed by atoms with E-state index in [-0.39, 0.29) is 6.04 Å². The van der Waals surface area contributed by atoms with Crippen molar-refractivity contribution < 1.29 is 4.74 Å². The van der Waals surface area contributed by atoms with Crippen molar-refractivity contribution in [3.8, 4) is 5.88 Å². The van der Waals surface area contributed by atoms with Crippen LogP contribution in [0.1, 0.15) is 38.4 Å². The number of aromatic nitrogens is 2. The fourth-order valence-corrected chi connectivity index (χ4v) is 1.65. The SMILES string of the molecule is CNC(CCC(C)C)c1nccnc1OC. The zero-order chi connectivity index (χ0) is 12.0. The van der Waals surface area contributed by atoms with Crippen LogP contribution in [0.4, 0.5) is 0 Å².